The fourth-order valence-electron chi connectivity index (χ4n) is 4.08. The van der Waals surface area contributed by atoms with E-state index in [0.29, 0.717) is 5.69 Å². The normalized spacial score (nSPS) is 23.8. The number of hydrogen-bond donors (Lipinski definition) is 0. The number of fused-ring (bicyclic) bond motifs is 1. The third-order valence-corrected chi connectivity index (χ3v) is 7.16. The van der Waals surface area contributed by atoms with E-state index in [0.717, 1.165) is 18.4 Å². The van der Waals surface area contributed by atoms with Crippen LogP contribution < -0.4 is 4.31 Å². The number of sulfonamides is 1. The Kier molecular flexibility index (Phi) is 4.71. The topological polar surface area (TPSA) is 59.5 Å². The van der Waals surface area contributed by atoms with Gasteiger partial charge < -0.3 is 4.74 Å². The summed E-state index contributed by atoms with van der Waals surface area (Å²) in [6.45, 7) is 1.92. The lowest BCUT2D eigenvalue weighted by molar-refractivity contribution is -0.0353. The zero-order valence-electron chi connectivity index (χ0n) is 14.9. The van der Waals surface area contributed by atoms with Crippen LogP contribution in [0.2, 0.25) is 0 Å². The summed E-state index contributed by atoms with van der Waals surface area (Å²) >= 11 is 0. The monoisotopic (exact) mass is 372 g/mol. The van der Waals surface area contributed by atoms with Crippen molar-refractivity contribution in [2.45, 2.75) is 62.3 Å². The molecule has 1 aliphatic carbocycles. The van der Waals surface area contributed by atoms with Crippen molar-refractivity contribution in [3.63, 3.8) is 0 Å². The lowest BCUT2D eigenvalue weighted by Gasteiger charge is -2.30. The van der Waals surface area contributed by atoms with Gasteiger partial charge in [-0.05, 0) is 38.0 Å². The molecule has 26 heavy (non-hydrogen) atoms. The molecule has 1 aliphatic heterocycles. The zero-order valence-corrected chi connectivity index (χ0v) is 15.7. The molecule has 6 heteroatoms. The summed E-state index contributed by atoms with van der Waals surface area (Å²) < 4.78 is 34.4. The van der Waals surface area contributed by atoms with E-state index in [-0.39, 0.29) is 23.3 Å². The molecule has 2 aromatic rings. The average Bonchev–Trinajstić information content (AvgIpc) is 2.96. The second-order valence-corrected chi connectivity index (χ2v) is 8.85. The minimum absolute atomic E-state index is 0.0694. The second-order valence-electron chi connectivity index (χ2n) is 7.08. The minimum Gasteiger partial charge on any atom is -0.368 e. The smallest absolute Gasteiger partial charge is 0.282 e. The molecule has 4 rings (SSSR count). The van der Waals surface area contributed by atoms with Gasteiger partial charge in [0.25, 0.3) is 10.0 Å². The van der Waals surface area contributed by atoms with Gasteiger partial charge in [-0.25, -0.2) is 4.98 Å². The molecule has 1 saturated carbocycles. The Morgan fingerprint density at radius 3 is 2.50 bits per heavy atom. The third kappa shape index (κ3) is 3.01. The Balaban J connectivity index is 1.70. The van der Waals surface area contributed by atoms with Crippen molar-refractivity contribution in [3.05, 3.63) is 54.2 Å². The van der Waals surface area contributed by atoms with Crippen LogP contribution in [-0.2, 0) is 14.8 Å². The number of ether oxygens (including phenoxy) is 1. The summed E-state index contributed by atoms with van der Waals surface area (Å²) in [5.41, 5.74) is 1.65. The van der Waals surface area contributed by atoms with Crippen molar-refractivity contribution in [2.75, 3.05) is 4.31 Å². The Bertz CT molecular complexity index is 864. The third-order valence-electron chi connectivity index (χ3n) is 5.34. The number of aromatic nitrogens is 1. The molecule has 138 valence electrons. The highest BCUT2D eigenvalue weighted by Gasteiger charge is 2.44. The van der Waals surface area contributed by atoms with E-state index in [1.807, 2.05) is 31.2 Å². The van der Waals surface area contributed by atoms with Crippen LogP contribution in [0.1, 0.15) is 50.7 Å². The Morgan fingerprint density at radius 2 is 1.77 bits per heavy atom. The van der Waals surface area contributed by atoms with Crippen LogP contribution in [0.4, 0.5) is 5.69 Å². The van der Waals surface area contributed by atoms with E-state index in [4.69, 9.17) is 4.74 Å². The van der Waals surface area contributed by atoms with Gasteiger partial charge in [-0.3, -0.25) is 4.31 Å². The SMILES string of the molecule is C[C@H]1[C@H](OC2CCCCC2)c2ccccc2N1S(=O)(=O)c1ccccn1. The van der Waals surface area contributed by atoms with Crippen molar-refractivity contribution in [2.24, 2.45) is 0 Å². The molecule has 0 spiro atoms. The van der Waals surface area contributed by atoms with E-state index in [1.165, 1.54) is 29.8 Å². The molecule has 2 heterocycles. The summed E-state index contributed by atoms with van der Waals surface area (Å²) in [6.07, 6.45) is 7.21. The molecular formula is C20H24N2O3S. The summed E-state index contributed by atoms with van der Waals surface area (Å²) in [4.78, 5) is 4.07. The molecular weight excluding hydrogens is 348 g/mol. The quantitative estimate of drug-likeness (QED) is 0.812. The molecule has 0 radical (unpaired) electrons. The van der Waals surface area contributed by atoms with E-state index in [9.17, 15) is 8.42 Å². The lowest BCUT2D eigenvalue weighted by atomic mass is 9.97. The fraction of sp³-hybridized carbons (Fsp3) is 0.450. The van der Waals surface area contributed by atoms with Gasteiger partial charge in [-0.2, -0.15) is 8.42 Å². The van der Waals surface area contributed by atoms with Crippen molar-refractivity contribution < 1.29 is 13.2 Å². The Morgan fingerprint density at radius 1 is 1.04 bits per heavy atom. The lowest BCUT2D eigenvalue weighted by Crippen LogP contribution is -2.39. The molecule has 5 nitrogen and oxygen atoms in total. The highest BCUT2D eigenvalue weighted by atomic mass is 32.2. The molecule has 0 N–H and O–H groups in total. The van der Waals surface area contributed by atoms with Crippen molar-refractivity contribution in [3.8, 4) is 0 Å². The van der Waals surface area contributed by atoms with Crippen LogP contribution in [0.25, 0.3) is 0 Å². The maximum atomic E-state index is 13.3. The second kappa shape index (κ2) is 7.00. The molecule has 2 aliphatic rings. The predicted octanol–water partition coefficient (Wildman–Crippen LogP) is 4.07. The van der Waals surface area contributed by atoms with Gasteiger partial charge in [0.05, 0.1) is 17.8 Å². The summed E-state index contributed by atoms with van der Waals surface area (Å²) in [5, 5.41) is 0.0694. The van der Waals surface area contributed by atoms with E-state index < -0.39 is 10.0 Å². The Labute approximate surface area is 155 Å². The van der Waals surface area contributed by atoms with Crippen LogP contribution in [0, 0.1) is 0 Å². The van der Waals surface area contributed by atoms with Gasteiger partial charge in [0.1, 0.15) is 6.10 Å². The van der Waals surface area contributed by atoms with Gasteiger partial charge >= 0.3 is 0 Å². The predicted molar refractivity (Wildman–Crippen MR) is 101 cm³/mol. The molecule has 0 amide bonds. The van der Waals surface area contributed by atoms with Crippen molar-refractivity contribution >= 4 is 15.7 Å². The number of para-hydroxylation sites is 1. The van der Waals surface area contributed by atoms with Crippen LogP contribution >= 0.6 is 0 Å². The van der Waals surface area contributed by atoms with Crippen molar-refractivity contribution in [1.29, 1.82) is 0 Å². The highest BCUT2D eigenvalue weighted by molar-refractivity contribution is 7.92. The van der Waals surface area contributed by atoms with E-state index >= 15 is 0 Å². The van der Waals surface area contributed by atoms with Crippen LogP contribution in [-0.4, -0.2) is 25.5 Å². The minimum atomic E-state index is -3.73. The van der Waals surface area contributed by atoms with Gasteiger partial charge in [0, 0.05) is 11.8 Å². The van der Waals surface area contributed by atoms with Gasteiger partial charge in [-0.15, -0.1) is 0 Å². The average molecular weight is 372 g/mol. The fourth-order valence-corrected chi connectivity index (χ4v) is 5.70. The first kappa shape index (κ1) is 17.5. The maximum absolute atomic E-state index is 13.3. The van der Waals surface area contributed by atoms with Gasteiger partial charge in [-0.1, -0.05) is 43.5 Å². The molecule has 1 fully saturated rings. The van der Waals surface area contributed by atoms with Crippen LogP contribution in [0.15, 0.2) is 53.7 Å². The highest BCUT2D eigenvalue weighted by Crippen LogP contribution is 2.45. The number of rotatable bonds is 4. The molecule has 0 bridgehead atoms. The number of hydrogen-bond acceptors (Lipinski definition) is 4. The number of nitrogens with zero attached hydrogens (tertiary/aromatic N) is 2. The first-order valence-electron chi connectivity index (χ1n) is 9.29. The van der Waals surface area contributed by atoms with Gasteiger partial charge in [0.2, 0.25) is 0 Å². The number of pyridine rings is 1. The van der Waals surface area contributed by atoms with E-state index in [1.54, 1.807) is 18.2 Å². The molecule has 1 aromatic heterocycles. The first-order chi connectivity index (χ1) is 12.6. The molecule has 0 unspecified atom stereocenters. The molecule has 0 saturated heterocycles. The van der Waals surface area contributed by atoms with Crippen LogP contribution in [0.3, 0.4) is 0 Å². The zero-order chi connectivity index (χ0) is 18.1. The number of benzene rings is 1. The Hall–Kier alpha value is -1.92. The standard InChI is InChI=1S/C20H24N2O3S/c1-15-20(25-16-9-3-2-4-10-16)17-11-5-6-12-18(17)22(15)26(23,24)19-13-7-8-14-21-19/h5-8,11-16,20H,2-4,9-10H2,1H3/t15-,20-/m0/s1. The van der Waals surface area contributed by atoms with Gasteiger partial charge in [0.15, 0.2) is 5.03 Å². The maximum Gasteiger partial charge on any atom is 0.282 e. The number of anilines is 1. The van der Waals surface area contributed by atoms with Crippen LogP contribution in [0.5, 0.6) is 0 Å². The van der Waals surface area contributed by atoms with Crippen molar-refractivity contribution in [1.82, 2.24) is 4.98 Å². The summed E-state index contributed by atoms with van der Waals surface area (Å²) in [7, 11) is -3.73. The summed E-state index contributed by atoms with van der Waals surface area (Å²) in [5.74, 6) is 0. The molecule has 1 aromatic carbocycles. The van der Waals surface area contributed by atoms with E-state index in [2.05, 4.69) is 4.98 Å². The first-order valence-corrected chi connectivity index (χ1v) is 10.7. The molecule has 2 atom stereocenters. The summed E-state index contributed by atoms with van der Waals surface area (Å²) in [6, 6.07) is 12.3. The largest absolute Gasteiger partial charge is 0.368 e.